The van der Waals surface area contributed by atoms with Crippen LogP contribution < -0.4 is 16.4 Å². The topological polar surface area (TPSA) is 115 Å². The van der Waals surface area contributed by atoms with Gasteiger partial charge >= 0.3 is 6.03 Å². The van der Waals surface area contributed by atoms with Crippen LogP contribution in [0.3, 0.4) is 0 Å². The van der Waals surface area contributed by atoms with Gasteiger partial charge in [0.25, 0.3) is 0 Å². The second-order valence-electron chi connectivity index (χ2n) is 7.95. The molecule has 2 amide bonds. The molecule has 33 heavy (non-hydrogen) atoms. The van der Waals surface area contributed by atoms with Crippen molar-refractivity contribution in [1.82, 2.24) is 14.5 Å². The van der Waals surface area contributed by atoms with Crippen LogP contribution >= 0.6 is 11.6 Å². The van der Waals surface area contributed by atoms with Gasteiger partial charge in [-0.1, -0.05) is 17.7 Å². The maximum absolute atomic E-state index is 13.6. The van der Waals surface area contributed by atoms with Crippen molar-refractivity contribution in [3.8, 4) is 0 Å². The summed E-state index contributed by atoms with van der Waals surface area (Å²) in [7, 11) is 0. The number of hydrogen-bond donors (Lipinski definition) is 3. The minimum atomic E-state index is -0.436. The number of amides is 2. The third kappa shape index (κ3) is 4.51. The fraction of sp³-hybridized carbons (Fsp3) is 0.167. The molecule has 0 aliphatic carbocycles. The van der Waals surface area contributed by atoms with Crippen LogP contribution in [-0.4, -0.2) is 26.3 Å². The average molecular weight is 463 g/mol. The smallest absolute Gasteiger partial charge is 0.323 e. The first-order valence-electron chi connectivity index (χ1n) is 10.3. The molecule has 4 rings (SSSR count). The van der Waals surface area contributed by atoms with E-state index in [0.29, 0.717) is 38.6 Å². The van der Waals surface area contributed by atoms with Crippen LogP contribution in [0.15, 0.2) is 55.0 Å². The highest BCUT2D eigenvalue weighted by atomic mass is 35.5. The van der Waals surface area contributed by atoms with Crippen LogP contribution in [0.4, 0.5) is 22.0 Å². The van der Waals surface area contributed by atoms with Crippen LogP contribution in [0.2, 0.25) is 5.02 Å². The zero-order valence-corrected chi connectivity index (χ0v) is 19.1. The molecule has 2 aromatic carbocycles. The lowest BCUT2D eigenvalue weighted by molar-refractivity contribution is 0.103. The summed E-state index contributed by atoms with van der Waals surface area (Å²) in [6.07, 6.45) is 3.15. The minimum absolute atomic E-state index is 0.0778. The van der Waals surface area contributed by atoms with Crippen molar-refractivity contribution >= 4 is 51.6 Å². The summed E-state index contributed by atoms with van der Waals surface area (Å²) in [5.74, 6) is 0.0252. The molecule has 8 nitrogen and oxygen atoms in total. The van der Waals surface area contributed by atoms with Crippen LogP contribution in [0.5, 0.6) is 0 Å². The van der Waals surface area contributed by atoms with E-state index in [9.17, 15) is 9.59 Å². The molecule has 0 saturated heterocycles. The van der Waals surface area contributed by atoms with Gasteiger partial charge in [-0.25, -0.2) is 14.8 Å². The molecule has 4 N–H and O–H groups in total. The summed E-state index contributed by atoms with van der Waals surface area (Å²) in [4.78, 5) is 34.4. The van der Waals surface area contributed by atoms with Crippen molar-refractivity contribution < 1.29 is 9.59 Å². The van der Waals surface area contributed by atoms with Crippen molar-refractivity contribution in [2.24, 2.45) is 0 Å². The second-order valence-corrected chi connectivity index (χ2v) is 8.38. The summed E-state index contributed by atoms with van der Waals surface area (Å²) in [5.41, 5.74) is 9.43. The lowest BCUT2D eigenvalue weighted by atomic mass is 9.98. The van der Waals surface area contributed by atoms with Crippen molar-refractivity contribution in [2.75, 3.05) is 16.4 Å². The molecule has 0 aliphatic rings. The molecule has 0 fully saturated rings. The van der Waals surface area contributed by atoms with E-state index >= 15 is 0 Å². The summed E-state index contributed by atoms with van der Waals surface area (Å²) in [6, 6.07) is 11.6. The van der Waals surface area contributed by atoms with Crippen molar-refractivity contribution in [3.63, 3.8) is 0 Å². The van der Waals surface area contributed by atoms with Crippen LogP contribution in [0.1, 0.15) is 41.4 Å². The van der Waals surface area contributed by atoms with Crippen LogP contribution in [0, 0.1) is 6.92 Å². The summed E-state index contributed by atoms with van der Waals surface area (Å²) in [5, 5.41) is 6.59. The molecule has 2 aromatic heterocycles. The number of fused-ring (bicyclic) bond motifs is 1. The number of nitrogens with one attached hydrogen (secondary N) is 2. The van der Waals surface area contributed by atoms with E-state index in [0.717, 1.165) is 5.56 Å². The summed E-state index contributed by atoms with van der Waals surface area (Å²) >= 11 is 5.88. The Bertz CT molecular complexity index is 1360. The van der Waals surface area contributed by atoms with Gasteiger partial charge in [-0.2, -0.15) is 0 Å². The van der Waals surface area contributed by atoms with Gasteiger partial charge in [-0.3, -0.25) is 4.79 Å². The Balaban J connectivity index is 1.65. The molecule has 0 atom stereocenters. The molecule has 0 bridgehead atoms. The Labute approximate surface area is 195 Å². The number of nitrogen functional groups attached to an aromatic ring is 1. The number of rotatable bonds is 5. The van der Waals surface area contributed by atoms with E-state index in [-0.39, 0.29) is 17.6 Å². The molecule has 9 heteroatoms. The van der Waals surface area contributed by atoms with E-state index in [1.165, 1.54) is 6.33 Å². The predicted octanol–water partition coefficient (Wildman–Crippen LogP) is 5.43. The van der Waals surface area contributed by atoms with Crippen molar-refractivity contribution in [3.05, 3.63) is 76.7 Å². The molecule has 0 radical (unpaired) electrons. The molecular formula is C24H23ClN6O2. The Kier molecular flexibility index (Phi) is 6.02. The number of carbonyl (C=O) groups excluding carboxylic acids is 2. The average Bonchev–Trinajstić information content (AvgIpc) is 3.17. The molecule has 0 spiro atoms. The van der Waals surface area contributed by atoms with Gasteiger partial charge in [0, 0.05) is 34.2 Å². The van der Waals surface area contributed by atoms with Crippen LogP contribution in [0.25, 0.3) is 11.0 Å². The maximum Gasteiger partial charge on any atom is 0.323 e. The third-order valence-electron chi connectivity index (χ3n) is 5.28. The number of benzene rings is 2. The number of aryl methyl sites for hydroxylation is 1. The highest BCUT2D eigenvalue weighted by molar-refractivity contribution is 6.30. The monoisotopic (exact) mass is 462 g/mol. The lowest BCUT2D eigenvalue weighted by Crippen LogP contribution is -2.19. The van der Waals surface area contributed by atoms with E-state index in [1.807, 2.05) is 25.3 Å². The minimum Gasteiger partial charge on any atom is -0.383 e. The number of nitrogens with zero attached hydrogens (tertiary/aromatic N) is 3. The number of nitrogens with two attached hydrogens (primary N) is 1. The Morgan fingerprint density at radius 3 is 2.36 bits per heavy atom. The van der Waals surface area contributed by atoms with Crippen LogP contribution in [-0.2, 0) is 0 Å². The van der Waals surface area contributed by atoms with E-state index in [1.54, 1.807) is 48.7 Å². The molecule has 4 aromatic rings. The first-order valence-corrected chi connectivity index (χ1v) is 10.7. The second kappa shape index (κ2) is 8.91. The Morgan fingerprint density at radius 1 is 1.00 bits per heavy atom. The van der Waals surface area contributed by atoms with Gasteiger partial charge < -0.3 is 20.9 Å². The molecule has 2 heterocycles. The van der Waals surface area contributed by atoms with Gasteiger partial charge in [0.15, 0.2) is 5.78 Å². The van der Waals surface area contributed by atoms with Crippen molar-refractivity contribution in [1.29, 1.82) is 0 Å². The van der Waals surface area contributed by atoms with E-state index < -0.39 is 6.03 Å². The molecule has 0 aliphatic heterocycles. The zero-order valence-electron chi connectivity index (χ0n) is 18.4. The standard InChI is InChI=1S/C24H23ClN6O2/c1-13(2)31-11-19(20-22(26)27-12-28-23(20)31)21(32)18-10-17(7-4-14(18)3)30-24(33)29-16-8-5-15(25)6-9-16/h4-13H,1-3H3,(H2,26,27,28)(H2,29,30,33). The zero-order chi connectivity index (χ0) is 23.7. The number of anilines is 3. The molecule has 168 valence electrons. The summed E-state index contributed by atoms with van der Waals surface area (Å²) < 4.78 is 1.90. The van der Waals surface area contributed by atoms with E-state index in [4.69, 9.17) is 17.3 Å². The number of ketones is 1. The normalized spacial score (nSPS) is 11.1. The first-order chi connectivity index (χ1) is 15.7. The fourth-order valence-corrected chi connectivity index (χ4v) is 3.72. The highest BCUT2D eigenvalue weighted by Gasteiger charge is 2.22. The molecular weight excluding hydrogens is 440 g/mol. The maximum atomic E-state index is 13.6. The largest absolute Gasteiger partial charge is 0.383 e. The summed E-state index contributed by atoms with van der Waals surface area (Å²) in [6.45, 7) is 5.84. The SMILES string of the molecule is Cc1ccc(NC(=O)Nc2ccc(Cl)cc2)cc1C(=O)c1cn(C(C)C)c2ncnc(N)c12. The fourth-order valence-electron chi connectivity index (χ4n) is 3.59. The molecule has 0 unspecified atom stereocenters. The lowest BCUT2D eigenvalue weighted by Gasteiger charge is -2.11. The highest BCUT2D eigenvalue weighted by Crippen LogP contribution is 2.30. The quantitative estimate of drug-likeness (QED) is 0.342. The van der Waals surface area contributed by atoms with E-state index in [2.05, 4.69) is 20.6 Å². The number of halogens is 1. The van der Waals surface area contributed by atoms with Gasteiger partial charge in [0.05, 0.1) is 10.9 Å². The predicted molar refractivity (Wildman–Crippen MR) is 131 cm³/mol. The molecule has 0 saturated carbocycles. The van der Waals surface area contributed by atoms with Gasteiger partial charge in [0.2, 0.25) is 0 Å². The van der Waals surface area contributed by atoms with Gasteiger partial charge in [-0.05, 0) is 62.7 Å². The number of aromatic nitrogens is 3. The Morgan fingerprint density at radius 2 is 1.67 bits per heavy atom. The number of carbonyl (C=O) groups is 2. The number of urea groups is 1. The third-order valence-corrected chi connectivity index (χ3v) is 5.53. The van der Waals surface area contributed by atoms with Gasteiger partial charge in [-0.15, -0.1) is 0 Å². The Hall–Kier alpha value is -3.91. The number of hydrogen-bond acceptors (Lipinski definition) is 5. The first kappa shape index (κ1) is 22.3. The van der Waals surface area contributed by atoms with Crippen molar-refractivity contribution in [2.45, 2.75) is 26.8 Å². The van der Waals surface area contributed by atoms with Gasteiger partial charge in [0.1, 0.15) is 17.8 Å².